The topological polar surface area (TPSA) is 50.9 Å². The Hall–Kier alpha value is -1.09. The highest BCUT2D eigenvalue weighted by Gasteiger charge is 2.15. The van der Waals surface area contributed by atoms with E-state index in [1.807, 2.05) is 6.07 Å². The van der Waals surface area contributed by atoms with Crippen molar-refractivity contribution in [2.75, 3.05) is 12.3 Å². The molecule has 1 aliphatic heterocycles. The molecule has 3 nitrogen and oxygen atoms in total. The van der Waals surface area contributed by atoms with E-state index in [4.69, 9.17) is 7.10 Å². The molecule has 0 saturated carbocycles. The van der Waals surface area contributed by atoms with Crippen LogP contribution in [-0.2, 0) is 13.0 Å². The van der Waals surface area contributed by atoms with Crippen LogP contribution in [0.15, 0.2) is 12.1 Å². The number of rotatable bonds is 1. The summed E-state index contributed by atoms with van der Waals surface area (Å²) >= 11 is 0. The van der Waals surface area contributed by atoms with Crippen molar-refractivity contribution in [3.05, 3.63) is 23.4 Å². The van der Waals surface area contributed by atoms with Crippen molar-refractivity contribution in [1.29, 1.82) is 0 Å². The largest absolute Gasteiger partial charge is 0.384 e. The standard InChI is InChI=1S/C11H17N3/c1-2-8-5-9-3-4-11(12)14-10(9)7-13-6-8/h3-4,8,13H,2,5-7H2,1H3,(H2,12,14)/t8-/m0/s1/i4D. The first kappa shape index (κ1) is 8.24. The van der Waals surface area contributed by atoms with E-state index in [-0.39, 0.29) is 0 Å². The number of aromatic nitrogens is 1. The van der Waals surface area contributed by atoms with Crippen molar-refractivity contribution in [3.63, 3.8) is 0 Å². The van der Waals surface area contributed by atoms with Crippen LogP contribution in [0.1, 0.15) is 26.0 Å². The second-order valence-corrected chi connectivity index (χ2v) is 3.87. The summed E-state index contributed by atoms with van der Waals surface area (Å²) in [6.07, 6.45) is 2.17. The second-order valence-electron chi connectivity index (χ2n) is 3.87. The minimum atomic E-state index is 0.338. The zero-order valence-electron chi connectivity index (χ0n) is 9.51. The Bertz CT molecular complexity index is 365. The summed E-state index contributed by atoms with van der Waals surface area (Å²) in [7, 11) is 0. The number of hydrogen-bond acceptors (Lipinski definition) is 3. The average Bonchev–Trinajstić information content (AvgIpc) is 2.41. The molecule has 0 fully saturated rings. The van der Waals surface area contributed by atoms with Gasteiger partial charge in [-0.15, -0.1) is 0 Å². The molecule has 0 unspecified atom stereocenters. The summed E-state index contributed by atoms with van der Waals surface area (Å²) in [5, 5.41) is 3.37. The molecule has 3 heteroatoms. The van der Waals surface area contributed by atoms with E-state index in [2.05, 4.69) is 17.2 Å². The monoisotopic (exact) mass is 192 g/mol. The molecule has 1 aromatic heterocycles. The second kappa shape index (κ2) is 3.96. The fourth-order valence-corrected chi connectivity index (χ4v) is 1.89. The van der Waals surface area contributed by atoms with Crippen LogP contribution in [0.4, 0.5) is 5.82 Å². The van der Waals surface area contributed by atoms with Crippen molar-refractivity contribution in [3.8, 4) is 0 Å². The van der Waals surface area contributed by atoms with Crippen LogP contribution in [-0.4, -0.2) is 11.5 Å². The van der Waals surface area contributed by atoms with E-state index in [1.54, 1.807) is 0 Å². The highest BCUT2D eigenvalue weighted by Crippen LogP contribution is 2.18. The van der Waals surface area contributed by atoms with Gasteiger partial charge in [-0.05, 0) is 30.5 Å². The Morgan fingerprint density at radius 3 is 3.43 bits per heavy atom. The molecule has 1 aromatic rings. The summed E-state index contributed by atoms with van der Waals surface area (Å²) in [5.41, 5.74) is 7.84. The van der Waals surface area contributed by atoms with Crippen LogP contribution in [0.25, 0.3) is 0 Å². The number of pyridine rings is 1. The Kier molecular flexibility index (Phi) is 2.33. The molecule has 0 radical (unpaired) electrons. The minimum Gasteiger partial charge on any atom is -0.384 e. The number of anilines is 1. The van der Waals surface area contributed by atoms with Gasteiger partial charge in [0.1, 0.15) is 5.82 Å². The third-order valence-electron chi connectivity index (χ3n) is 2.83. The zero-order chi connectivity index (χ0) is 10.8. The van der Waals surface area contributed by atoms with Gasteiger partial charge in [0.2, 0.25) is 0 Å². The number of hydrogen-bond donors (Lipinski definition) is 2. The molecule has 76 valence electrons. The number of nitrogens with two attached hydrogens (primary N) is 1. The fourth-order valence-electron chi connectivity index (χ4n) is 1.89. The van der Waals surface area contributed by atoms with Crippen LogP contribution in [0.2, 0.25) is 0 Å². The van der Waals surface area contributed by atoms with E-state index >= 15 is 0 Å². The van der Waals surface area contributed by atoms with E-state index in [0.29, 0.717) is 17.8 Å². The maximum absolute atomic E-state index is 7.65. The molecule has 0 amide bonds. The van der Waals surface area contributed by atoms with Gasteiger partial charge in [-0.2, -0.15) is 0 Å². The number of fused-ring (bicyclic) bond motifs is 1. The first-order valence-electron chi connectivity index (χ1n) is 5.66. The summed E-state index contributed by atoms with van der Waals surface area (Å²) < 4.78 is 7.65. The van der Waals surface area contributed by atoms with Crippen LogP contribution in [0, 0.1) is 5.92 Å². The molecule has 0 saturated heterocycles. The first-order chi connectivity index (χ1) is 7.20. The normalized spacial score (nSPS) is 22.4. The SMILES string of the molecule is [2H]c1cc2c(nc1N)CNC[C@@H](CC)C2. The van der Waals surface area contributed by atoms with Gasteiger partial charge in [-0.25, -0.2) is 4.98 Å². The van der Waals surface area contributed by atoms with E-state index < -0.39 is 0 Å². The molecule has 1 atom stereocenters. The molecule has 2 rings (SSSR count). The molecule has 1 aliphatic rings. The van der Waals surface area contributed by atoms with Gasteiger partial charge in [0, 0.05) is 6.54 Å². The lowest BCUT2D eigenvalue weighted by Crippen LogP contribution is -2.19. The number of nitrogen functional groups attached to an aromatic ring is 1. The van der Waals surface area contributed by atoms with Crippen LogP contribution in [0.3, 0.4) is 0 Å². The van der Waals surface area contributed by atoms with Crippen molar-refractivity contribution in [2.24, 2.45) is 5.92 Å². The maximum atomic E-state index is 7.65. The Labute approximate surface area is 86.1 Å². The van der Waals surface area contributed by atoms with E-state index in [1.165, 1.54) is 5.56 Å². The molecule has 0 spiro atoms. The molecule has 14 heavy (non-hydrogen) atoms. The van der Waals surface area contributed by atoms with Gasteiger partial charge in [0.15, 0.2) is 0 Å². The molecule has 0 aromatic carbocycles. The van der Waals surface area contributed by atoms with Gasteiger partial charge in [0.25, 0.3) is 0 Å². The highest BCUT2D eigenvalue weighted by molar-refractivity contribution is 5.34. The maximum Gasteiger partial charge on any atom is 0.123 e. The third kappa shape index (κ3) is 1.87. The van der Waals surface area contributed by atoms with Crippen molar-refractivity contribution < 1.29 is 1.37 Å². The summed E-state index contributed by atoms with van der Waals surface area (Å²) in [4.78, 5) is 4.27. The van der Waals surface area contributed by atoms with Crippen LogP contribution >= 0.6 is 0 Å². The molecule has 2 heterocycles. The van der Waals surface area contributed by atoms with Gasteiger partial charge in [0.05, 0.1) is 7.06 Å². The van der Waals surface area contributed by atoms with Crippen LogP contribution in [0.5, 0.6) is 0 Å². The van der Waals surface area contributed by atoms with Gasteiger partial charge >= 0.3 is 0 Å². The number of nitrogens with one attached hydrogen (secondary N) is 1. The minimum absolute atomic E-state index is 0.338. The van der Waals surface area contributed by atoms with Gasteiger partial charge in [-0.3, -0.25) is 0 Å². The Balaban J connectivity index is 2.34. The smallest absolute Gasteiger partial charge is 0.123 e. The Morgan fingerprint density at radius 1 is 1.79 bits per heavy atom. The van der Waals surface area contributed by atoms with E-state index in [9.17, 15) is 0 Å². The van der Waals surface area contributed by atoms with Crippen molar-refractivity contribution in [1.82, 2.24) is 10.3 Å². The molecule has 0 bridgehead atoms. The lowest BCUT2D eigenvalue weighted by Gasteiger charge is -2.10. The molecule has 0 aliphatic carbocycles. The third-order valence-corrected chi connectivity index (χ3v) is 2.83. The summed E-state index contributed by atoms with van der Waals surface area (Å²) in [5.74, 6) is 0.988. The fraction of sp³-hybridized carbons (Fsp3) is 0.545. The van der Waals surface area contributed by atoms with Crippen LogP contribution < -0.4 is 11.1 Å². The van der Waals surface area contributed by atoms with Crippen molar-refractivity contribution in [2.45, 2.75) is 26.3 Å². The molecular weight excluding hydrogens is 174 g/mol. The highest BCUT2D eigenvalue weighted by atomic mass is 14.9. The quantitative estimate of drug-likeness (QED) is 0.706. The summed E-state index contributed by atoms with van der Waals surface area (Å²) in [6, 6.07) is 2.22. The lowest BCUT2D eigenvalue weighted by atomic mass is 9.97. The van der Waals surface area contributed by atoms with Gasteiger partial charge in [-0.1, -0.05) is 19.4 Å². The number of nitrogens with zero attached hydrogens (tertiary/aromatic N) is 1. The van der Waals surface area contributed by atoms with Gasteiger partial charge < -0.3 is 11.1 Å². The predicted molar refractivity (Wildman–Crippen MR) is 57.8 cm³/mol. The average molecular weight is 192 g/mol. The zero-order valence-corrected chi connectivity index (χ0v) is 8.51. The molecule has 3 N–H and O–H groups in total. The summed E-state index contributed by atoms with van der Waals surface area (Å²) in [6.45, 7) is 4.00. The predicted octanol–water partition coefficient (Wildman–Crippen LogP) is 1.34. The first-order valence-corrected chi connectivity index (χ1v) is 5.16. The lowest BCUT2D eigenvalue weighted by molar-refractivity contribution is 0.477. The van der Waals surface area contributed by atoms with Crippen molar-refractivity contribution >= 4 is 5.82 Å². The molecular formula is C11H17N3. The van der Waals surface area contributed by atoms with E-state index in [0.717, 1.165) is 31.6 Å². The Morgan fingerprint density at radius 2 is 2.64 bits per heavy atom.